The second kappa shape index (κ2) is 9.02. The monoisotopic (exact) mass is 243 g/mol. The molecule has 0 aromatic rings. The second-order valence-electron chi connectivity index (χ2n) is 4.34. The molecule has 1 atom stereocenters. The molecule has 1 amide bonds. The molecule has 0 aromatic carbocycles. The Labute approximate surface area is 104 Å². The summed E-state index contributed by atoms with van der Waals surface area (Å²) in [4.78, 5) is 25.0. The van der Waals surface area contributed by atoms with Crippen molar-refractivity contribution in [2.45, 2.75) is 46.5 Å². The standard InChI is InChI=1S/C13H25NO3/c1-5-9-14(10-6-2)12(15)8-7-11(3)13(16)17-4/h11H,5-10H2,1-4H3/t11-/m0/s1. The molecule has 4 heteroatoms. The van der Waals surface area contributed by atoms with Crippen molar-refractivity contribution < 1.29 is 14.3 Å². The first-order valence-corrected chi connectivity index (χ1v) is 6.42. The second-order valence-corrected chi connectivity index (χ2v) is 4.34. The zero-order valence-corrected chi connectivity index (χ0v) is 11.5. The highest BCUT2D eigenvalue weighted by Gasteiger charge is 2.17. The van der Waals surface area contributed by atoms with Crippen LogP contribution in [0.4, 0.5) is 0 Å². The van der Waals surface area contributed by atoms with Gasteiger partial charge in [-0.3, -0.25) is 9.59 Å². The van der Waals surface area contributed by atoms with Crippen LogP contribution >= 0.6 is 0 Å². The Morgan fingerprint density at radius 1 is 1.18 bits per heavy atom. The molecule has 0 radical (unpaired) electrons. The molecule has 4 nitrogen and oxygen atoms in total. The van der Waals surface area contributed by atoms with E-state index in [2.05, 4.69) is 18.6 Å². The van der Waals surface area contributed by atoms with E-state index in [4.69, 9.17) is 0 Å². The van der Waals surface area contributed by atoms with Crippen LogP contribution in [0, 0.1) is 5.92 Å². The third-order valence-corrected chi connectivity index (χ3v) is 2.73. The summed E-state index contributed by atoms with van der Waals surface area (Å²) in [7, 11) is 1.38. The molecule has 0 fully saturated rings. The summed E-state index contributed by atoms with van der Waals surface area (Å²) in [6.45, 7) is 7.53. The van der Waals surface area contributed by atoms with Crippen LogP contribution in [0.25, 0.3) is 0 Å². The fourth-order valence-corrected chi connectivity index (χ4v) is 1.72. The minimum absolute atomic E-state index is 0.143. The number of hydrogen-bond donors (Lipinski definition) is 0. The van der Waals surface area contributed by atoms with Gasteiger partial charge in [0.25, 0.3) is 0 Å². The van der Waals surface area contributed by atoms with Crippen LogP contribution in [0.15, 0.2) is 0 Å². The number of carbonyl (C=O) groups is 2. The van der Waals surface area contributed by atoms with Gasteiger partial charge < -0.3 is 9.64 Å². The van der Waals surface area contributed by atoms with Crippen molar-refractivity contribution in [2.75, 3.05) is 20.2 Å². The zero-order chi connectivity index (χ0) is 13.3. The number of nitrogens with zero attached hydrogens (tertiary/aromatic N) is 1. The smallest absolute Gasteiger partial charge is 0.308 e. The van der Waals surface area contributed by atoms with E-state index in [1.54, 1.807) is 6.92 Å². The Morgan fingerprint density at radius 2 is 1.71 bits per heavy atom. The van der Waals surface area contributed by atoms with Crippen LogP contribution in [0.5, 0.6) is 0 Å². The van der Waals surface area contributed by atoms with Gasteiger partial charge in [0.05, 0.1) is 13.0 Å². The molecule has 100 valence electrons. The molecule has 0 bridgehead atoms. The minimum atomic E-state index is -0.240. The van der Waals surface area contributed by atoms with Crippen LogP contribution < -0.4 is 0 Å². The summed E-state index contributed by atoms with van der Waals surface area (Å²) in [6, 6.07) is 0. The molecular weight excluding hydrogens is 218 g/mol. The van der Waals surface area contributed by atoms with E-state index in [0.29, 0.717) is 12.8 Å². The maximum Gasteiger partial charge on any atom is 0.308 e. The molecular formula is C13H25NO3. The van der Waals surface area contributed by atoms with Crippen molar-refractivity contribution >= 4 is 11.9 Å². The van der Waals surface area contributed by atoms with Gasteiger partial charge in [-0.05, 0) is 19.3 Å². The van der Waals surface area contributed by atoms with Crippen LogP contribution in [-0.4, -0.2) is 37.0 Å². The summed E-state index contributed by atoms with van der Waals surface area (Å²) in [5.41, 5.74) is 0. The molecule has 0 unspecified atom stereocenters. The first-order chi connectivity index (χ1) is 8.06. The van der Waals surface area contributed by atoms with Gasteiger partial charge in [-0.1, -0.05) is 20.8 Å². The number of esters is 1. The molecule has 0 aromatic heterocycles. The van der Waals surface area contributed by atoms with Gasteiger partial charge in [0, 0.05) is 19.5 Å². The third kappa shape index (κ3) is 6.29. The molecule has 0 saturated carbocycles. The van der Waals surface area contributed by atoms with Gasteiger partial charge in [0.2, 0.25) is 5.91 Å². The molecule has 0 aliphatic rings. The predicted octanol–water partition coefficient (Wildman–Crippen LogP) is 2.22. The number of carbonyl (C=O) groups excluding carboxylic acids is 2. The Morgan fingerprint density at radius 3 is 2.12 bits per heavy atom. The van der Waals surface area contributed by atoms with E-state index < -0.39 is 0 Å². The highest BCUT2D eigenvalue weighted by atomic mass is 16.5. The minimum Gasteiger partial charge on any atom is -0.469 e. The molecule has 0 N–H and O–H groups in total. The number of methoxy groups -OCH3 is 1. The van der Waals surface area contributed by atoms with Gasteiger partial charge in [-0.2, -0.15) is 0 Å². The lowest BCUT2D eigenvalue weighted by atomic mass is 10.1. The Balaban J connectivity index is 4.08. The third-order valence-electron chi connectivity index (χ3n) is 2.73. The van der Waals surface area contributed by atoms with Crippen molar-refractivity contribution in [2.24, 2.45) is 5.92 Å². The number of ether oxygens (including phenoxy) is 1. The number of rotatable bonds is 8. The van der Waals surface area contributed by atoms with Gasteiger partial charge >= 0.3 is 5.97 Å². The fraction of sp³-hybridized carbons (Fsp3) is 0.846. The van der Waals surface area contributed by atoms with Gasteiger partial charge in [0.1, 0.15) is 0 Å². The van der Waals surface area contributed by atoms with E-state index >= 15 is 0 Å². The molecule has 0 rings (SSSR count). The topological polar surface area (TPSA) is 46.6 Å². The number of amides is 1. The molecule has 0 aliphatic heterocycles. The van der Waals surface area contributed by atoms with E-state index in [9.17, 15) is 9.59 Å². The van der Waals surface area contributed by atoms with E-state index in [1.165, 1.54) is 7.11 Å². The highest BCUT2D eigenvalue weighted by Crippen LogP contribution is 2.10. The molecule has 17 heavy (non-hydrogen) atoms. The first-order valence-electron chi connectivity index (χ1n) is 6.42. The first kappa shape index (κ1) is 15.9. The Bertz CT molecular complexity index is 235. The summed E-state index contributed by atoms with van der Waals surface area (Å²) in [5.74, 6) is -0.297. The Hall–Kier alpha value is -1.06. The highest BCUT2D eigenvalue weighted by molar-refractivity contribution is 5.77. The summed E-state index contributed by atoms with van der Waals surface area (Å²) in [5, 5.41) is 0. The predicted molar refractivity (Wildman–Crippen MR) is 67.6 cm³/mol. The van der Waals surface area contributed by atoms with Crippen molar-refractivity contribution in [1.29, 1.82) is 0 Å². The number of hydrogen-bond acceptors (Lipinski definition) is 3. The maximum absolute atomic E-state index is 11.9. The van der Waals surface area contributed by atoms with Crippen LogP contribution in [0.2, 0.25) is 0 Å². The molecule has 0 spiro atoms. The summed E-state index contributed by atoms with van der Waals surface area (Å²) in [6.07, 6.45) is 2.93. The van der Waals surface area contributed by atoms with Crippen molar-refractivity contribution in [3.63, 3.8) is 0 Å². The zero-order valence-electron chi connectivity index (χ0n) is 11.5. The lowest BCUT2D eigenvalue weighted by Gasteiger charge is -2.22. The van der Waals surface area contributed by atoms with Gasteiger partial charge in [-0.15, -0.1) is 0 Å². The molecule has 0 aliphatic carbocycles. The van der Waals surface area contributed by atoms with Crippen molar-refractivity contribution in [3.8, 4) is 0 Å². The Kier molecular flexibility index (Phi) is 8.46. The normalized spacial score (nSPS) is 12.0. The lowest BCUT2D eigenvalue weighted by molar-refractivity contribution is -0.145. The van der Waals surface area contributed by atoms with Crippen LogP contribution in [0.3, 0.4) is 0 Å². The van der Waals surface area contributed by atoms with Gasteiger partial charge in [-0.25, -0.2) is 0 Å². The maximum atomic E-state index is 11.9. The average molecular weight is 243 g/mol. The fourth-order valence-electron chi connectivity index (χ4n) is 1.72. The van der Waals surface area contributed by atoms with Crippen LogP contribution in [0.1, 0.15) is 46.5 Å². The van der Waals surface area contributed by atoms with E-state index in [0.717, 1.165) is 25.9 Å². The van der Waals surface area contributed by atoms with Crippen molar-refractivity contribution in [1.82, 2.24) is 4.90 Å². The average Bonchev–Trinajstić information content (AvgIpc) is 2.34. The SMILES string of the molecule is CCCN(CCC)C(=O)CC[C@H](C)C(=O)OC. The lowest BCUT2D eigenvalue weighted by Crippen LogP contribution is -2.32. The summed E-state index contributed by atoms with van der Waals surface area (Å²) < 4.78 is 4.64. The van der Waals surface area contributed by atoms with Crippen LogP contribution in [-0.2, 0) is 14.3 Å². The quantitative estimate of drug-likeness (QED) is 0.614. The van der Waals surface area contributed by atoms with Crippen molar-refractivity contribution in [3.05, 3.63) is 0 Å². The largest absolute Gasteiger partial charge is 0.469 e. The van der Waals surface area contributed by atoms with Gasteiger partial charge in [0.15, 0.2) is 0 Å². The summed E-state index contributed by atoms with van der Waals surface area (Å²) >= 11 is 0. The molecule has 0 saturated heterocycles. The molecule has 0 heterocycles. The van der Waals surface area contributed by atoms with E-state index in [-0.39, 0.29) is 17.8 Å². The van der Waals surface area contributed by atoms with E-state index in [1.807, 2.05) is 4.90 Å².